The van der Waals surface area contributed by atoms with Gasteiger partial charge in [0.05, 0.1) is 18.8 Å². The highest BCUT2D eigenvalue weighted by Crippen LogP contribution is 2.31. The van der Waals surface area contributed by atoms with Gasteiger partial charge in [-0.3, -0.25) is 0 Å². The van der Waals surface area contributed by atoms with E-state index in [1.54, 1.807) is 0 Å². The number of benzene rings is 1. The molecular formula is C13H19ClN2O. The first-order valence-corrected chi connectivity index (χ1v) is 6.26. The van der Waals surface area contributed by atoms with E-state index in [0.29, 0.717) is 6.54 Å². The lowest BCUT2D eigenvalue weighted by molar-refractivity contribution is 0.0643. The van der Waals surface area contributed by atoms with Crippen LogP contribution in [0.5, 0.6) is 0 Å². The molecule has 1 saturated heterocycles. The molecule has 2 N–H and O–H groups in total. The summed E-state index contributed by atoms with van der Waals surface area (Å²) in [5.74, 6) is 0. The lowest BCUT2D eigenvalue weighted by Crippen LogP contribution is -2.53. The van der Waals surface area contributed by atoms with Gasteiger partial charge >= 0.3 is 0 Å². The molecular weight excluding hydrogens is 236 g/mol. The summed E-state index contributed by atoms with van der Waals surface area (Å²) in [6, 6.07) is 5.92. The Labute approximate surface area is 107 Å². The van der Waals surface area contributed by atoms with Gasteiger partial charge in [0.1, 0.15) is 0 Å². The van der Waals surface area contributed by atoms with E-state index in [-0.39, 0.29) is 5.54 Å². The second-order valence-corrected chi connectivity index (χ2v) is 5.43. The number of hydrogen-bond donors (Lipinski definition) is 1. The van der Waals surface area contributed by atoms with Crippen molar-refractivity contribution in [1.82, 2.24) is 0 Å². The largest absolute Gasteiger partial charge is 0.377 e. The van der Waals surface area contributed by atoms with Gasteiger partial charge in [-0.05, 0) is 37.6 Å². The third-order valence-corrected chi connectivity index (χ3v) is 3.43. The van der Waals surface area contributed by atoms with E-state index in [0.717, 1.165) is 30.3 Å². The molecule has 1 aliphatic heterocycles. The molecule has 0 aromatic heterocycles. The van der Waals surface area contributed by atoms with Crippen molar-refractivity contribution in [3.63, 3.8) is 0 Å². The maximum absolute atomic E-state index is 6.01. The van der Waals surface area contributed by atoms with Crippen LogP contribution in [-0.2, 0) is 11.3 Å². The van der Waals surface area contributed by atoms with E-state index >= 15 is 0 Å². The first-order valence-electron chi connectivity index (χ1n) is 5.88. The number of rotatable bonds is 2. The van der Waals surface area contributed by atoms with Gasteiger partial charge in [0.2, 0.25) is 0 Å². The molecule has 1 heterocycles. The zero-order valence-electron chi connectivity index (χ0n) is 10.4. The summed E-state index contributed by atoms with van der Waals surface area (Å²) in [6.45, 7) is 7.25. The number of morpholine rings is 1. The maximum atomic E-state index is 6.01. The first kappa shape index (κ1) is 12.7. The van der Waals surface area contributed by atoms with Crippen LogP contribution in [0.25, 0.3) is 0 Å². The Bertz CT molecular complexity index is 406. The van der Waals surface area contributed by atoms with E-state index in [4.69, 9.17) is 22.1 Å². The molecule has 0 aliphatic carbocycles. The molecule has 94 valence electrons. The highest BCUT2D eigenvalue weighted by molar-refractivity contribution is 6.30. The minimum Gasteiger partial charge on any atom is -0.377 e. The summed E-state index contributed by atoms with van der Waals surface area (Å²) < 4.78 is 5.53. The highest BCUT2D eigenvalue weighted by atomic mass is 35.5. The number of hydrogen-bond acceptors (Lipinski definition) is 3. The Hall–Kier alpha value is -0.770. The van der Waals surface area contributed by atoms with Crippen LogP contribution in [0.4, 0.5) is 5.69 Å². The molecule has 0 bridgehead atoms. The molecule has 0 radical (unpaired) electrons. The van der Waals surface area contributed by atoms with Crippen LogP contribution in [0, 0.1) is 0 Å². The molecule has 4 heteroatoms. The minimum absolute atomic E-state index is 0.00397. The van der Waals surface area contributed by atoms with Crippen LogP contribution in [0.15, 0.2) is 18.2 Å². The molecule has 1 aliphatic rings. The normalized spacial score (nSPS) is 19.4. The van der Waals surface area contributed by atoms with Crippen LogP contribution >= 0.6 is 11.6 Å². The third kappa shape index (κ3) is 2.57. The number of nitrogens with zero attached hydrogens (tertiary/aromatic N) is 1. The monoisotopic (exact) mass is 254 g/mol. The van der Waals surface area contributed by atoms with Crippen molar-refractivity contribution in [2.24, 2.45) is 5.73 Å². The van der Waals surface area contributed by atoms with Crippen LogP contribution in [0.3, 0.4) is 0 Å². The van der Waals surface area contributed by atoms with Crippen LogP contribution in [0.2, 0.25) is 5.02 Å². The van der Waals surface area contributed by atoms with E-state index in [1.165, 1.54) is 5.69 Å². The van der Waals surface area contributed by atoms with Gasteiger partial charge in [-0.25, -0.2) is 0 Å². The maximum Gasteiger partial charge on any atom is 0.0694 e. The van der Waals surface area contributed by atoms with Gasteiger partial charge in [-0.15, -0.1) is 0 Å². The number of anilines is 1. The van der Waals surface area contributed by atoms with Crippen molar-refractivity contribution in [2.45, 2.75) is 25.9 Å². The van der Waals surface area contributed by atoms with E-state index in [1.807, 2.05) is 12.1 Å². The molecule has 0 spiro atoms. The van der Waals surface area contributed by atoms with Crippen LogP contribution < -0.4 is 10.6 Å². The third-order valence-electron chi connectivity index (χ3n) is 3.20. The topological polar surface area (TPSA) is 38.5 Å². The Balaban J connectivity index is 2.38. The van der Waals surface area contributed by atoms with E-state index in [2.05, 4.69) is 24.8 Å². The summed E-state index contributed by atoms with van der Waals surface area (Å²) in [6.07, 6.45) is 0. The minimum atomic E-state index is -0.00397. The molecule has 0 amide bonds. The Morgan fingerprint density at radius 3 is 2.88 bits per heavy atom. The number of ether oxygens (including phenoxy) is 1. The van der Waals surface area contributed by atoms with Crippen molar-refractivity contribution >= 4 is 17.3 Å². The molecule has 0 saturated carbocycles. The van der Waals surface area contributed by atoms with Crippen molar-refractivity contribution in [3.8, 4) is 0 Å². The molecule has 1 aromatic carbocycles. The second kappa shape index (κ2) is 4.84. The Morgan fingerprint density at radius 2 is 2.24 bits per heavy atom. The lowest BCUT2D eigenvalue weighted by atomic mass is 9.99. The van der Waals surface area contributed by atoms with Crippen LogP contribution in [-0.4, -0.2) is 25.3 Å². The SMILES string of the molecule is CC1(C)COCCN1c1ccc(Cl)cc1CN. The zero-order valence-corrected chi connectivity index (χ0v) is 11.1. The fourth-order valence-electron chi connectivity index (χ4n) is 2.29. The Morgan fingerprint density at radius 1 is 1.47 bits per heavy atom. The summed E-state index contributed by atoms with van der Waals surface area (Å²) in [5, 5.41) is 0.736. The highest BCUT2D eigenvalue weighted by Gasteiger charge is 2.31. The van der Waals surface area contributed by atoms with E-state index in [9.17, 15) is 0 Å². The van der Waals surface area contributed by atoms with E-state index < -0.39 is 0 Å². The molecule has 0 unspecified atom stereocenters. The summed E-state index contributed by atoms with van der Waals surface area (Å²) >= 11 is 6.01. The Kier molecular flexibility index (Phi) is 3.61. The summed E-state index contributed by atoms with van der Waals surface area (Å²) in [4.78, 5) is 2.36. The molecule has 17 heavy (non-hydrogen) atoms. The van der Waals surface area contributed by atoms with Gasteiger partial charge in [0.15, 0.2) is 0 Å². The molecule has 1 fully saturated rings. The van der Waals surface area contributed by atoms with Crippen molar-refractivity contribution in [2.75, 3.05) is 24.7 Å². The van der Waals surface area contributed by atoms with Gasteiger partial charge in [-0.1, -0.05) is 11.6 Å². The van der Waals surface area contributed by atoms with Crippen molar-refractivity contribution < 1.29 is 4.74 Å². The molecule has 2 rings (SSSR count). The quantitative estimate of drug-likeness (QED) is 0.881. The second-order valence-electron chi connectivity index (χ2n) is 4.99. The average Bonchev–Trinajstić information content (AvgIpc) is 2.29. The number of nitrogens with two attached hydrogens (primary N) is 1. The van der Waals surface area contributed by atoms with Crippen LogP contribution in [0.1, 0.15) is 19.4 Å². The van der Waals surface area contributed by atoms with Gasteiger partial charge in [0, 0.05) is 23.8 Å². The molecule has 0 atom stereocenters. The van der Waals surface area contributed by atoms with Gasteiger partial charge in [-0.2, -0.15) is 0 Å². The predicted octanol–water partition coefficient (Wildman–Crippen LogP) is 2.41. The average molecular weight is 255 g/mol. The zero-order chi connectivity index (χ0) is 12.5. The fourth-order valence-corrected chi connectivity index (χ4v) is 2.48. The summed E-state index contributed by atoms with van der Waals surface area (Å²) in [7, 11) is 0. The smallest absolute Gasteiger partial charge is 0.0694 e. The van der Waals surface area contributed by atoms with Crippen molar-refractivity contribution in [1.29, 1.82) is 0 Å². The fraction of sp³-hybridized carbons (Fsp3) is 0.538. The predicted molar refractivity (Wildman–Crippen MR) is 71.6 cm³/mol. The standard InChI is InChI=1S/C13H19ClN2O/c1-13(2)9-17-6-5-16(13)12-4-3-11(14)7-10(12)8-15/h3-4,7H,5-6,8-9,15H2,1-2H3. The molecule has 3 nitrogen and oxygen atoms in total. The van der Waals surface area contributed by atoms with Gasteiger partial charge < -0.3 is 15.4 Å². The summed E-state index contributed by atoms with van der Waals surface area (Å²) in [5.41, 5.74) is 8.06. The van der Waals surface area contributed by atoms with Gasteiger partial charge in [0.25, 0.3) is 0 Å². The van der Waals surface area contributed by atoms with Crippen molar-refractivity contribution in [3.05, 3.63) is 28.8 Å². The molecule has 1 aromatic rings. The lowest BCUT2D eigenvalue weighted by Gasteiger charge is -2.44. The number of halogens is 1. The first-order chi connectivity index (χ1) is 8.04.